The topological polar surface area (TPSA) is 80.7 Å². The van der Waals surface area contributed by atoms with E-state index >= 15 is 0 Å². The fourth-order valence-electron chi connectivity index (χ4n) is 2.93. The van der Waals surface area contributed by atoms with Crippen molar-refractivity contribution in [3.63, 3.8) is 0 Å². The second-order valence-electron chi connectivity index (χ2n) is 6.58. The molecule has 0 fully saturated rings. The van der Waals surface area contributed by atoms with Crippen LogP contribution in [0.15, 0.2) is 59.5 Å². The molecule has 0 bridgehead atoms. The van der Waals surface area contributed by atoms with E-state index in [-0.39, 0.29) is 34.0 Å². The van der Waals surface area contributed by atoms with Crippen LogP contribution in [0.3, 0.4) is 0 Å². The van der Waals surface area contributed by atoms with E-state index in [0.717, 1.165) is 12.1 Å². The van der Waals surface area contributed by atoms with Crippen LogP contribution in [0, 0.1) is 0 Å². The molecule has 0 radical (unpaired) electrons. The maximum Gasteiger partial charge on any atom is 0.416 e. The van der Waals surface area contributed by atoms with E-state index in [1.54, 1.807) is 0 Å². The van der Waals surface area contributed by atoms with Gasteiger partial charge in [0.2, 0.25) is 0 Å². The van der Waals surface area contributed by atoms with Crippen molar-refractivity contribution in [1.29, 1.82) is 0 Å². The van der Waals surface area contributed by atoms with Gasteiger partial charge in [-0.15, -0.1) is 0 Å². The number of hydrogen-bond donors (Lipinski definition) is 1. The Hall–Kier alpha value is -3.07. The second kappa shape index (κ2) is 7.98. The van der Waals surface area contributed by atoms with Crippen molar-refractivity contribution < 1.29 is 36.2 Å². The highest BCUT2D eigenvalue weighted by molar-refractivity contribution is 7.91. The largest absolute Gasteiger partial charge is 0.481 e. The number of halogens is 3. The van der Waals surface area contributed by atoms with Crippen molar-refractivity contribution in [2.75, 3.05) is 5.75 Å². The first-order valence-electron chi connectivity index (χ1n) is 8.86. The molecule has 0 aliphatic heterocycles. The third-order valence-electron chi connectivity index (χ3n) is 4.45. The van der Waals surface area contributed by atoms with Crippen molar-refractivity contribution in [2.45, 2.75) is 24.4 Å². The van der Waals surface area contributed by atoms with Gasteiger partial charge in [-0.3, -0.25) is 4.79 Å². The first kappa shape index (κ1) is 21.6. The van der Waals surface area contributed by atoms with Gasteiger partial charge in [0.1, 0.15) is 11.5 Å². The molecule has 158 valence electrons. The highest BCUT2D eigenvalue weighted by Crippen LogP contribution is 2.37. The number of alkyl halides is 3. The molecule has 5 nitrogen and oxygen atoms in total. The average Bonchev–Trinajstić information content (AvgIpc) is 2.67. The average molecular weight is 438 g/mol. The van der Waals surface area contributed by atoms with Crippen LogP contribution in [0.2, 0.25) is 0 Å². The van der Waals surface area contributed by atoms with Crippen LogP contribution in [0.5, 0.6) is 11.5 Å². The van der Waals surface area contributed by atoms with E-state index < -0.39 is 27.5 Å². The van der Waals surface area contributed by atoms with Crippen LogP contribution in [0.25, 0.3) is 10.8 Å². The third kappa shape index (κ3) is 4.73. The number of carboxylic acid groups (broad SMARTS) is 1. The van der Waals surface area contributed by atoms with E-state index in [1.165, 1.54) is 49.4 Å². The van der Waals surface area contributed by atoms with Gasteiger partial charge < -0.3 is 9.84 Å². The van der Waals surface area contributed by atoms with Crippen molar-refractivity contribution in [2.24, 2.45) is 0 Å². The van der Waals surface area contributed by atoms with E-state index in [2.05, 4.69) is 0 Å². The van der Waals surface area contributed by atoms with Crippen molar-refractivity contribution in [1.82, 2.24) is 0 Å². The van der Waals surface area contributed by atoms with E-state index in [0.29, 0.717) is 10.9 Å². The monoisotopic (exact) mass is 438 g/mol. The molecule has 0 aliphatic carbocycles. The maximum atomic E-state index is 13.1. The summed E-state index contributed by atoms with van der Waals surface area (Å²) in [4.78, 5) is 11.2. The van der Waals surface area contributed by atoms with Gasteiger partial charge in [-0.2, -0.15) is 13.2 Å². The Balaban J connectivity index is 2.08. The Morgan fingerprint density at radius 3 is 2.27 bits per heavy atom. The van der Waals surface area contributed by atoms with Crippen LogP contribution in [0.4, 0.5) is 13.2 Å². The first-order valence-corrected chi connectivity index (χ1v) is 10.5. The highest BCUT2D eigenvalue weighted by atomic mass is 32.2. The number of fused-ring (bicyclic) bond motifs is 1. The van der Waals surface area contributed by atoms with Gasteiger partial charge in [-0.05, 0) is 53.4 Å². The summed E-state index contributed by atoms with van der Waals surface area (Å²) in [6.45, 7) is 1.51. The molecule has 0 aromatic heterocycles. The number of sulfone groups is 1. The Morgan fingerprint density at radius 2 is 1.70 bits per heavy atom. The van der Waals surface area contributed by atoms with Gasteiger partial charge in [0, 0.05) is 5.39 Å². The molecule has 0 saturated heterocycles. The predicted octanol–water partition coefficient (Wildman–Crippen LogP) is 5.07. The van der Waals surface area contributed by atoms with Crippen LogP contribution >= 0.6 is 0 Å². The summed E-state index contributed by atoms with van der Waals surface area (Å²) in [6.07, 6.45) is -4.89. The molecule has 3 rings (SSSR count). The van der Waals surface area contributed by atoms with E-state index in [1.807, 2.05) is 0 Å². The standard InChI is InChI=1S/C21H17F3O5S/c1-2-30(27,28)17-7-5-16(6-8-17)29-19-10-13(11-20(25)26)9-14-3-4-15(12-18(14)19)21(22,23)24/h3-10,12H,2,11H2,1H3,(H,25,26). The summed E-state index contributed by atoms with van der Waals surface area (Å²) in [7, 11) is -3.41. The molecule has 0 spiro atoms. The molecule has 1 N–H and O–H groups in total. The van der Waals surface area contributed by atoms with Gasteiger partial charge in [0.25, 0.3) is 0 Å². The zero-order chi connectivity index (χ0) is 22.1. The van der Waals surface area contributed by atoms with Crippen molar-refractivity contribution in [3.05, 3.63) is 65.7 Å². The number of rotatable bonds is 6. The highest BCUT2D eigenvalue weighted by Gasteiger charge is 2.30. The van der Waals surface area contributed by atoms with Gasteiger partial charge in [0.05, 0.1) is 22.6 Å². The number of aliphatic carboxylic acids is 1. The lowest BCUT2D eigenvalue weighted by atomic mass is 10.0. The Bertz CT molecular complexity index is 1200. The minimum Gasteiger partial charge on any atom is -0.481 e. The molecule has 0 heterocycles. The van der Waals surface area contributed by atoms with Gasteiger partial charge in [0.15, 0.2) is 9.84 Å². The number of carbonyl (C=O) groups is 1. The zero-order valence-electron chi connectivity index (χ0n) is 15.7. The maximum absolute atomic E-state index is 13.1. The fraction of sp³-hybridized carbons (Fsp3) is 0.190. The molecule has 0 saturated carbocycles. The Morgan fingerprint density at radius 1 is 1.03 bits per heavy atom. The van der Waals surface area contributed by atoms with E-state index in [4.69, 9.17) is 9.84 Å². The van der Waals surface area contributed by atoms with Crippen LogP contribution in [-0.4, -0.2) is 25.2 Å². The quantitative estimate of drug-likeness (QED) is 0.581. The summed E-state index contributed by atoms with van der Waals surface area (Å²) >= 11 is 0. The number of ether oxygens (including phenoxy) is 1. The van der Waals surface area contributed by atoms with Crippen LogP contribution in [-0.2, 0) is 27.2 Å². The lowest BCUT2D eigenvalue weighted by molar-refractivity contribution is -0.138. The van der Waals surface area contributed by atoms with Gasteiger partial charge in [-0.25, -0.2) is 8.42 Å². The minimum atomic E-state index is -4.55. The fourth-order valence-corrected chi connectivity index (χ4v) is 3.81. The minimum absolute atomic E-state index is 0.0425. The first-order chi connectivity index (χ1) is 14.0. The Labute approximate surface area is 170 Å². The van der Waals surface area contributed by atoms with Gasteiger partial charge >= 0.3 is 12.1 Å². The summed E-state index contributed by atoms with van der Waals surface area (Å²) in [5.41, 5.74) is -0.509. The Kier molecular flexibility index (Phi) is 5.76. The molecule has 0 atom stereocenters. The molecular formula is C21H17F3O5S. The predicted molar refractivity (Wildman–Crippen MR) is 105 cm³/mol. The van der Waals surface area contributed by atoms with Crippen LogP contribution in [0.1, 0.15) is 18.1 Å². The SMILES string of the molecule is CCS(=O)(=O)c1ccc(Oc2cc(CC(=O)O)cc3ccc(C(F)(F)F)cc23)cc1. The number of benzene rings is 3. The molecule has 9 heteroatoms. The lowest BCUT2D eigenvalue weighted by Crippen LogP contribution is -2.05. The summed E-state index contributed by atoms with van der Waals surface area (Å²) in [6, 6.07) is 11.5. The smallest absolute Gasteiger partial charge is 0.416 e. The second-order valence-corrected chi connectivity index (χ2v) is 8.85. The molecule has 0 amide bonds. The van der Waals surface area contributed by atoms with Crippen LogP contribution < -0.4 is 4.74 Å². The molecule has 3 aromatic rings. The normalized spacial score (nSPS) is 12.1. The van der Waals surface area contributed by atoms with Crippen molar-refractivity contribution in [3.8, 4) is 11.5 Å². The molecule has 30 heavy (non-hydrogen) atoms. The van der Waals surface area contributed by atoms with Gasteiger partial charge in [-0.1, -0.05) is 19.1 Å². The summed E-state index contributed by atoms with van der Waals surface area (Å²) < 4.78 is 69.0. The number of hydrogen-bond acceptors (Lipinski definition) is 4. The summed E-state index contributed by atoms with van der Waals surface area (Å²) in [5.74, 6) is -0.923. The molecule has 0 aliphatic rings. The molecule has 0 unspecified atom stereocenters. The molecular weight excluding hydrogens is 421 g/mol. The summed E-state index contributed by atoms with van der Waals surface area (Å²) in [5, 5.41) is 9.60. The lowest BCUT2D eigenvalue weighted by Gasteiger charge is -2.14. The third-order valence-corrected chi connectivity index (χ3v) is 6.20. The molecule has 3 aromatic carbocycles. The van der Waals surface area contributed by atoms with E-state index in [9.17, 15) is 26.4 Å². The zero-order valence-corrected chi connectivity index (χ0v) is 16.5. The van der Waals surface area contributed by atoms with Crippen molar-refractivity contribution >= 4 is 26.6 Å². The number of carboxylic acids is 1.